The van der Waals surface area contributed by atoms with Gasteiger partial charge in [-0.05, 0) is 22.0 Å². The van der Waals surface area contributed by atoms with Crippen LogP contribution in [0.25, 0.3) is 0 Å². The fourth-order valence-electron chi connectivity index (χ4n) is 1.61. The zero-order valence-corrected chi connectivity index (χ0v) is 12.6. The van der Waals surface area contributed by atoms with Crippen molar-refractivity contribution in [1.29, 1.82) is 0 Å². The average Bonchev–Trinajstić information content (AvgIpc) is 2.85. The quantitative estimate of drug-likeness (QED) is 0.710. The molecule has 0 aromatic carbocycles. The molecule has 2 rings (SSSR count). The van der Waals surface area contributed by atoms with Crippen LogP contribution < -0.4 is 10.0 Å². The number of thiophene rings is 1. The molecule has 1 aliphatic rings. The van der Waals surface area contributed by atoms with Crippen molar-refractivity contribution in [3.05, 3.63) is 14.7 Å². The lowest BCUT2D eigenvalue weighted by Crippen LogP contribution is -2.36. The summed E-state index contributed by atoms with van der Waals surface area (Å²) < 4.78 is 26.8. The number of hydrogen-bond acceptors (Lipinski definition) is 5. The molecule has 1 aromatic rings. The Kier molecular flexibility index (Phi) is 3.95. The van der Waals surface area contributed by atoms with Crippen LogP contribution in [-0.4, -0.2) is 38.0 Å². The van der Waals surface area contributed by atoms with Gasteiger partial charge in [0.25, 0.3) is 0 Å². The van der Waals surface area contributed by atoms with E-state index in [0.717, 1.165) is 17.4 Å². The minimum atomic E-state index is -3.85. The number of carboxylic acids is 1. The maximum atomic E-state index is 12.1. The molecule has 1 amide bonds. The fourth-order valence-corrected chi connectivity index (χ4v) is 5.25. The van der Waals surface area contributed by atoms with Crippen LogP contribution in [0.5, 0.6) is 0 Å². The minimum absolute atomic E-state index is 0.0760. The van der Waals surface area contributed by atoms with Crippen LogP contribution in [0.2, 0.25) is 0 Å². The monoisotopic (exact) mass is 368 g/mol. The Labute approximate surface area is 121 Å². The van der Waals surface area contributed by atoms with Crippen molar-refractivity contribution in [1.82, 2.24) is 10.0 Å². The largest absolute Gasteiger partial charge is 0.477 e. The molecule has 7 nitrogen and oxygen atoms in total. The van der Waals surface area contributed by atoms with E-state index in [0.29, 0.717) is 0 Å². The van der Waals surface area contributed by atoms with E-state index in [9.17, 15) is 18.0 Å². The number of carboxylic acid groups (broad SMARTS) is 1. The normalized spacial score (nSPS) is 19.4. The first kappa shape index (κ1) is 14.4. The summed E-state index contributed by atoms with van der Waals surface area (Å²) in [5, 5.41) is 11.3. The highest BCUT2D eigenvalue weighted by Crippen LogP contribution is 2.31. The van der Waals surface area contributed by atoms with E-state index < -0.39 is 22.0 Å². The van der Waals surface area contributed by atoms with Crippen LogP contribution in [0.1, 0.15) is 16.1 Å². The number of hydrogen-bond donors (Lipinski definition) is 3. The van der Waals surface area contributed by atoms with Crippen molar-refractivity contribution in [3.63, 3.8) is 0 Å². The summed E-state index contributed by atoms with van der Waals surface area (Å²) in [5.41, 5.74) is 0. The van der Waals surface area contributed by atoms with Crippen LogP contribution in [0.15, 0.2) is 14.7 Å². The van der Waals surface area contributed by atoms with Crippen molar-refractivity contribution in [2.75, 3.05) is 6.54 Å². The standard InChI is InChI=1S/C9H9BrN2O5S2/c10-8-6(2-5(18-8)9(14)15)19(16,17)12-4-1-7(13)11-3-4/h2,4,12H,1,3H2,(H,11,13)(H,14,15). The molecule has 2 heterocycles. The maximum Gasteiger partial charge on any atom is 0.345 e. The van der Waals surface area contributed by atoms with E-state index >= 15 is 0 Å². The molecule has 1 saturated heterocycles. The van der Waals surface area contributed by atoms with E-state index in [4.69, 9.17) is 5.11 Å². The van der Waals surface area contributed by atoms with E-state index in [2.05, 4.69) is 26.0 Å². The number of rotatable bonds is 4. The second kappa shape index (κ2) is 5.19. The lowest BCUT2D eigenvalue weighted by molar-refractivity contribution is -0.119. The second-order valence-corrected chi connectivity index (χ2v) is 7.93. The maximum absolute atomic E-state index is 12.1. The Morgan fingerprint density at radius 3 is 2.74 bits per heavy atom. The van der Waals surface area contributed by atoms with Gasteiger partial charge in [-0.15, -0.1) is 11.3 Å². The topological polar surface area (TPSA) is 113 Å². The Bertz CT molecular complexity index is 639. The van der Waals surface area contributed by atoms with Crippen LogP contribution in [-0.2, 0) is 14.8 Å². The van der Waals surface area contributed by atoms with Gasteiger partial charge in [-0.2, -0.15) is 0 Å². The van der Waals surface area contributed by atoms with Gasteiger partial charge in [0.05, 0.1) is 3.79 Å². The first-order valence-electron chi connectivity index (χ1n) is 5.11. The molecule has 104 valence electrons. The Morgan fingerprint density at radius 2 is 2.26 bits per heavy atom. The SMILES string of the molecule is O=C1CC(NS(=O)(=O)c2cc(C(=O)O)sc2Br)CN1. The molecule has 1 aromatic heterocycles. The van der Waals surface area contributed by atoms with Crippen molar-refractivity contribution < 1.29 is 23.1 Å². The fraction of sp³-hybridized carbons (Fsp3) is 0.333. The Hall–Kier alpha value is -0.970. The van der Waals surface area contributed by atoms with E-state index in [1.807, 2.05) is 0 Å². The zero-order valence-electron chi connectivity index (χ0n) is 9.34. The van der Waals surface area contributed by atoms with Crippen molar-refractivity contribution in [3.8, 4) is 0 Å². The molecular weight excluding hydrogens is 360 g/mol. The zero-order chi connectivity index (χ0) is 14.2. The van der Waals surface area contributed by atoms with E-state index in [1.165, 1.54) is 0 Å². The van der Waals surface area contributed by atoms with Crippen molar-refractivity contribution in [2.45, 2.75) is 17.4 Å². The van der Waals surface area contributed by atoms with Crippen LogP contribution in [0.3, 0.4) is 0 Å². The summed E-state index contributed by atoms with van der Waals surface area (Å²) in [5.74, 6) is -1.41. The third-order valence-electron chi connectivity index (χ3n) is 2.46. The highest BCUT2D eigenvalue weighted by molar-refractivity contribution is 9.11. The predicted molar refractivity (Wildman–Crippen MR) is 70.7 cm³/mol. The minimum Gasteiger partial charge on any atom is -0.477 e. The van der Waals surface area contributed by atoms with Gasteiger partial charge >= 0.3 is 5.97 Å². The van der Waals surface area contributed by atoms with Crippen molar-refractivity contribution >= 4 is 49.2 Å². The molecule has 0 bridgehead atoms. The predicted octanol–water partition coefficient (Wildman–Crippen LogP) is 0.376. The molecule has 0 aliphatic carbocycles. The Morgan fingerprint density at radius 1 is 1.58 bits per heavy atom. The average molecular weight is 369 g/mol. The van der Waals surface area contributed by atoms with Crippen molar-refractivity contribution in [2.24, 2.45) is 0 Å². The smallest absolute Gasteiger partial charge is 0.345 e. The number of amides is 1. The molecule has 0 spiro atoms. The van der Waals surface area contributed by atoms with E-state index in [-0.39, 0.29) is 32.4 Å². The summed E-state index contributed by atoms with van der Waals surface area (Å²) in [6.45, 7) is 0.228. The van der Waals surface area contributed by atoms with E-state index in [1.54, 1.807) is 0 Å². The van der Waals surface area contributed by atoms with Crippen LogP contribution in [0.4, 0.5) is 0 Å². The van der Waals surface area contributed by atoms with Crippen LogP contribution in [0, 0.1) is 0 Å². The molecule has 1 unspecified atom stereocenters. The molecule has 0 radical (unpaired) electrons. The molecule has 3 N–H and O–H groups in total. The number of halogens is 1. The van der Waals surface area contributed by atoms with Gasteiger partial charge in [-0.1, -0.05) is 0 Å². The lowest BCUT2D eigenvalue weighted by atomic mass is 10.3. The second-order valence-electron chi connectivity index (χ2n) is 3.88. The van der Waals surface area contributed by atoms with Gasteiger partial charge in [0.1, 0.15) is 9.77 Å². The van der Waals surface area contributed by atoms with Gasteiger partial charge in [0.2, 0.25) is 15.9 Å². The summed E-state index contributed by atoms with van der Waals surface area (Å²) in [6.07, 6.45) is 0.0762. The summed E-state index contributed by atoms with van der Waals surface area (Å²) in [7, 11) is -3.85. The number of carbonyl (C=O) groups excluding carboxylic acids is 1. The third kappa shape index (κ3) is 3.14. The molecule has 10 heteroatoms. The Balaban J connectivity index is 2.24. The molecule has 1 fully saturated rings. The van der Waals surface area contributed by atoms with Gasteiger partial charge in [0.15, 0.2) is 0 Å². The summed E-state index contributed by atoms with van der Waals surface area (Å²) >= 11 is 3.86. The highest BCUT2D eigenvalue weighted by Gasteiger charge is 2.29. The number of nitrogens with one attached hydrogen (secondary N) is 2. The van der Waals surface area contributed by atoms with Gasteiger partial charge in [-0.25, -0.2) is 17.9 Å². The van der Waals surface area contributed by atoms with Gasteiger partial charge < -0.3 is 10.4 Å². The first-order chi connectivity index (χ1) is 8.79. The van der Waals surface area contributed by atoms with Crippen LogP contribution >= 0.6 is 27.3 Å². The number of carbonyl (C=O) groups is 2. The summed E-state index contributed by atoms with van der Waals surface area (Å²) in [4.78, 5) is 21.6. The highest BCUT2D eigenvalue weighted by atomic mass is 79.9. The molecule has 19 heavy (non-hydrogen) atoms. The number of sulfonamides is 1. The third-order valence-corrected chi connectivity index (χ3v) is 6.22. The molecule has 1 aliphatic heterocycles. The molecular formula is C9H9BrN2O5S2. The first-order valence-corrected chi connectivity index (χ1v) is 8.20. The lowest BCUT2D eigenvalue weighted by Gasteiger charge is -2.10. The molecule has 1 atom stereocenters. The summed E-state index contributed by atoms with van der Waals surface area (Å²) in [6, 6.07) is 0.571. The number of aromatic carboxylic acids is 1. The molecule has 0 saturated carbocycles. The van der Waals surface area contributed by atoms with Gasteiger partial charge in [-0.3, -0.25) is 4.79 Å². The van der Waals surface area contributed by atoms with Gasteiger partial charge in [0, 0.05) is 19.0 Å².